The van der Waals surface area contributed by atoms with Crippen molar-refractivity contribution in [2.45, 2.75) is 0 Å². The number of hydrogen-bond acceptors (Lipinski definition) is 4. The van der Waals surface area contributed by atoms with E-state index in [2.05, 4.69) is 0 Å². The van der Waals surface area contributed by atoms with Crippen LogP contribution in [0.25, 0.3) is 10.1 Å². The number of aromatic hydroxyl groups is 2. The van der Waals surface area contributed by atoms with Crippen LogP contribution in [0.3, 0.4) is 0 Å². The van der Waals surface area contributed by atoms with E-state index >= 15 is 0 Å². The summed E-state index contributed by atoms with van der Waals surface area (Å²) in [4.78, 5) is 0. The van der Waals surface area contributed by atoms with Crippen LogP contribution in [0.2, 0.25) is 0 Å². The van der Waals surface area contributed by atoms with Crippen molar-refractivity contribution in [3.05, 3.63) is 18.2 Å². The van der Waals surface area contributed by atoms with Crippen LogP contribution in [0.15, 0.2) is 18.2 Å². The number of thiophene rings is 1. The maximum atomic E-state index is 9.42. The Morgan fingerprint density at radius 3 is 2.77 bits per heavy atom. The molecule has 0 radical (unpaired) electrons. The van der Waals surface area contributed by atoms with Crippen molar-refractivity contribution in [3.8, 4) is 16.6 Å². The van der Waals surface area contributed by atoms with Gasteiger partial charge in [-0.3, -0.25) is 0 Å². The normalized spacial score (nSPS) is 10.5. The summed E-state index contributed by atoms with van der Waals surface area (Å²) >= 11 is 1.11. The summed E-state index contributed by atoms with van der Waals surface area (Å²) in [7, 11) is 1.56. The van der Waals surface area contributed by atoms with E-state index in [4.69, 9.17) is 4.74 Å². The minimum Gasteiger partial charge on any atom is -0.503 e. The Bertz CT molecular complexity index is 447. The molecule has 68 valence electrons. The van der Waals surface area contributed by atoms with Gasteiger partial charge in [-0.1, -0.05) is 17.4 Å². The van der Waals surface area contributed by atoms with Crippen LogP contribution < -0.4 is 4.74 Å². The number of fused-ring (bicyclic) bond motifs is 1. The summed E-state index contributed by atoms with van der Waals surface area (Å²) in [5.74, 6) is 0.594. The van der Waals surface area contributed by atoms with Crippen LogP contribution in [0, 0.1) is 0 Å². The monoisotopic (exact) mass is 196 g/mol. The van der Waals surface area contributed by atoms with E-state index in [-0.39, 0.29) is 10.8 Å². The van der Waals surface area contributed by atoms with Gasteiger partial charge in [0.2, 0.25) is 5.06 Å². The standard InChI is InChI=1S/C9H8O3S/c1-12-6-4-2-3-5-7(10)9(11)13-8(5)6/h2-4,10-11H,1H3. The predicted molar refractivity (Wildman–Crippen MR) is 51.7 cm³/mol. The van der Waals surface area contributed by atoms with E-state index in [1.165, 1.54) is 0 Å². The fraction of sp³-hybridized carbons (Fsp3) is 0.111. The zero-order valence-corrected chi connectivity index (χ0v) is 7.76. The highest BCUT2D eigenvalue weighted by atomic mass is 32.1. The maximum Gasteiger partial charge on any atom is 0.215 e. The molecule has 0 aliphatic heterocycles. The molecule has 2 N–H and O–H groups in total. The van der Waals surface area contributed by atoms with Gasteiger partial charge >= 0.3 is 0 Å². The molecule has 0 spiro atoms. The molecule has 0 atom stereocenters. The Hall–Kier alpha value is -1.42. The third-order valence-electron chi connectivity index (χ3n) is 1.86. The summed E-state index contributed by atoms with van der Waals surface area (Å²) in [6.07, 6.45) is 0. The van der Waals surface area contributed by atoms with Crippen LogP contribution in [-0.2, 0) is 0 Å². The van der Waals surface area contributed by atoms with Gasteiger partial charge in [-0.25, -0.2) is 0 Å². The van der Waals surface area contributed by atoms with E-state index in [0.29, 0.717) is 11.1 Å². The van der Waals surface area contributed by atoms with Gasteiger partial charge in [-0.15, -0.1) is 0 Å². The molecule has 0 fully saturated rings. The fourth-order valence-electron chi connectivity index (χ4n) is 1.23. The molecule has 4 heteroatoms. The van der Waals surface area contributed by atoms with E-state index in [9.17, 15) is 10.2 Å². The number of methoxy groups -OCH3 is 1. The second-order valence-corrected chi connectivity index (χ2v) is 3.59. The second kappa shape index (κ2) is 2.81. The van der Waals surface area contributed by atoms with E-state index < -0.39 is 0 Å². The van der Waals surface area contributed by atoms with Crippen molar-refractivity contribution in [2.24, 2.45) is 0 Å². The molecule has 0 aliphatic rings. The smallest absolute Gasteiger partial charge is 0.215 e. The zero-order valence-electron chi connectivity index (χ0n) is 6.94. The lowest BCUT2D eigenvalue weighted by molar-refractivity contribution is 0.418. The Morgan fingerprint density at radius 2 is 2.08 bits per heavy atom. The molecule has 13 heavy (non-hydrogen) atoms. The number of hydrogen-bond donors (Lipinski definition) is 2. The zero-order chi connectivity index (χ0) is 9.42. The summed E-state index contributed by atoms with van der Waals surface area (Å²) in [5.41, 5.74) is 0. The molecule has 0 saturated carbocycles. The topological polar surface area (TPSA) is 49.7 Å². The molecular formula is C9H8O3S. The first-order valence-electron chi connectivity index (χ1n) is 3.71. The van der Waals surface area contributed by atoms with E-state index in [0.717, 1.165) is 16.0 Å². The summed E-state index contributed by atoms with van der Waals surface area (Å²) in [5, 5.41) is 19.3. The molecule has 2 aromatic rings. The highest BCUT2D eigenvalue weighted by Gasteiger charge is 2.12. The molecule has 0 amide bonds. The first kappa shape index (κ1) is 8.19. The average molecular weight is 196 g/mol. The second-order valence-electron chi connectivity index (χ2n) is 2.59. The predicted octanol–water partition coefficient (Wildman–Crippen LogP) is 2.32. The SMILES string of the molecule is COc1cccc2c(O)c(O)sc12. The quantitative estimate of drug-likeness (QED) is 0.735. The van der Waals surface area contributed by atoms with Gasteiger partial charge < -0.3 is 14.9 Å². The largest absolute Gasteiger partial charge is 0.503 e. The summed E-state index contributed by atoms with van der Waals surface area (Å²) in [6.45, 7) is 0. The Kier molecular flexibility index (Phi) is 1.77. The van der Waals surface area contributed by atoms with Crippen LogP contribution >= 0.6 is 11.3 Å². The Morgan fingerprint density at radius 1 is 1.31 bits per heavy atom. The summed E-state index contributed by atoms with van der Waals surface area (Å²) in [6, 6.07) is 5.30. The first-order chi connectivity index (χ1) is 6.24. The average Bonchev–Trinajstić information content (AvgIpc) is 2.43. The molecule has 2 rings (SSSR count). The number of ether oxygens (including phenoxy) is 1. The molecule has 1 aromatic heterocycles. The molecular weight excluding hydrogens is 188 g/mol. The maximum absolute atomic E-state index is 9.42. The van der Waals surface area contributed by atoms with Gasteiger partial charge in [0.15, 0.2) is 5.75 Å². The van der Waals surface area contributed by atoms with Crippen LogP contribution in [-0.4, -0.2) is 17.3 Å². The van der Waals surface area contributed by atoms with Gasteiger partial charge in [-0.2, -0.15) is 0 Å². The van der Waals surface area contributed by atoms with Crippen molar-refractivity contribution in [3.63, 3.8) is 0 Å². The molecule has 0 aliphatic carbocycles. The van der Waals surface area contributed by atoms with Gasteiger partial charge in [0.05, 0.1) is 11.8 Å². The summed E-state index contributed by atoms with van der Waals surface area (Å²) < 4.78 is 5.85. The molecule has 0 unspecified atom stereocenters. The highest BCUT2D eigenvalue weighted by molar-refractivity contribution is 7.21. The van der Waals surface area contributed by atoms with Crippen molar-refractivity contribution in [1.82, 2.24) is 0 Å². The van der Waals surface area contributed by atoms with Gasteiger partial charge in [-0.05, 0) is 12.1 Å². The van der Waals surface area contributed by atoms with Crippen molar-refractivity contribution >= 4 is 21.4 Å². The van der Waals surface area contributed by atoms with Crippen molar-refractivity contribution in [2.75, 3.05) is 7.11 Å². The van der Waals surface area contributed by atoms with Crippen LogP contribution in [0.5, 0.6) is 16.6 Å². The van der Waals surface area contributed by atoms with Crippen LogP contribution in [0.4, 0.5) is 0 Å². The molecule has 0 bridgehead atoms. The van der Waals surface area contributed by atoms with Gasteiger partial charge in [0, 0.05) is 5.39 Å². The lowest BCUT2D eigenvalue weighted by atomic mass is 10.2. The fourth-order valence-corrected chi connectivity index (χ4v) is 2.16. The number of rotatable bonds is 1. The minimum atomic E-state index is -0.0705. The Balaban J connectivity index is 2.84. The lowest BCUT2D eigenvalue weighted by Crippen LogP contribution is -1.80. The van der Waals surface area contributed by atoms with Crippen molar-refractivity contribution in [1.29, 1.82) is 0 Å². The first-order valence-corrected chi connectivity index (χ1v) is 4.53. The van der Waals surface area contributed by atoms with Crippen molar-refractivity contribution < 1.29 is 14.9 Å². The van der Waals surface area contributed by atoms with Gasteiger partial charge in [0.25, 0.3) is 0 Å². The van der Waals surface area contributed by atoms with E-state index in [1.54, 1.807) is 25.3 Å². The van der Waals surface area contributed by atoms with Gasteiger partial charge in [0.1, 0.15) is 5.75 Å². The third-order valence-corrected chi connectivity index (χ3v) is 2.87. The molecule has 0 saturated heterocycles. The lowest BCUT2D eigenvalue weighted by Gasteiger charge is -1.98. The molecule has 1 aromatic carbocycles. The highest BCUT2D eigenvalue weighted by Crippen LogP contribution is 2.45. The third kappa shape index (κ3) is 1.10. The van der Waals surface area contributed by atoms with E-state index in [1.807, 2.05) is 0 Å². The molecule has 3 nitrogen and oxygen atoms in total. The number of benzene rings is 1. The van der Waals surface area contributed by atoms with Crippen LogP contribution in [0.1, 0.15) is 0 Å². The minimum absolute atomic E-state index is 0.0699. The molecule has 1 heterocycles. The Labute approximate surface area is 78.8 Å².